The van der Waals surface area contributed by atoms with Gasteiger partial charge in [-0.2, -0.15) is 0 Å². The second kappa shape index (κ2) is 6.04. The molecule has 1 aromatic rings. The number of amides is 1. The van der Waals surface area contributed by atoms with Crippen LogP contribution in [0.15, 0.2) is 18.2 Å². The van der Waals surface area contributed by atoms with Crippen LogP contribution in [0.25, 0.3) is 0 Å². The van der Waals surface area contributed by atoms with E-state index in [2.05, 4.69) is 0 Å². The maximum atomic E-state index is 12.4. The smallest absolute Gasteiger partial charge is 0.327 e. The van der Waals surface area contributed by atoms with Gasteiger partial charge >= 0.3 is 5.97 Å². The van der Waals surface area contributed by atoms with E-state index >= 15 is 0 Å². The molecule has 1 atom stereocenters. The highest BCUT2D eigenvalue weighted by Gasteiger charge is 2.35. The minimum Gasteiger partial charge on any atom is -0.493 e. The van der Waals surface area contributed by atoms with Gasteiger partial charge in [0.15, 0.2) is 11.5 Å². The molecule has 108 valence electrons. The molecule has 7 heteroatoms. The number of ether oxygens (including phenoxy) is 2. The van der Waals surface area contributed by atoms with Gasteiger partial charge in [0.1, 0.15) is 6.04 Å². The molecular formula is C13H15NO5S. The lowest BCUT2D eigenvalue weighted by Gasteiger charge is -2.21. The monoisotopic (exact) mass is 297 g/mol. The minimum absolute atomic E-state index is 0.316. The van der Waals surface area contributed by atoms with E-state index in [-0.39, 0.29) is 5.91 Å². The van der Waals surface area contributed by atoms with Crippen LogP contribution in [0, 0.1) is 0 Å². The molecule has 0 bridgehead atoms. The quantitative estimate of drug-likeness (QED) is 0.903. The summed E-state index contributed by atoms with van der Waals surface area (Å²) in [6, 6.07) is 4.01. The van der Waals surface area contributed by atoms with E-state index in [1.54, 1.807) is 18.2 Å². The molecule has 1 aromatic carbocycles. The Bertz CT molecular complexity index is 533. The van der Waals surface area contributed by atoms with Gasteiger partial charge in [0.05, 0.1) is 20.1 Å². The second-order valence-electron chi connectivity index (χ2n) is 4.20. The fourth-order valence-corrected chi connectivity index (χ4v) is 3.13. The summed E-state index contributed by atoms with van der Waals surface area (Å²) >= 11 is 1.43. The zero-order valence-electron chi connectivity index (χ0n) is 11.2. The van der Waals surface area contributed by atoms with E-state index in [0.29, 0.717) is 28.7 Å². The van der Waals surface area contributed by atoms with Crippen LogP contribution in [-0.4, -0.2) is 53.8 Å². The van der Waals surface area contributed by atoms with Gasteiger partial charge in [0.2, 0.25) is 0 Å². The first-order chi connectivity index (χ1) is 9.58. The Morgan fingerprint density at radius 2 is 2.00 bits per heavy atom. The summed E-state index contributed by atoms with van der Waals surface area (Å²) in [6.45, 7) is 0. The van der Waals surface area contributed by atoms with E-state index in [1.165, 1.54) is 30.9 Å². The molecule has 1 saturated heterocycles. The number of rotatable bonds is 4. The van der Waals surface area contributed by atoms with Crippen LogP contribution in [0.3, 0.4) is 0 Å². The molecule has 1 N–H and O–H groups in total. The molecule has 1 amide bonds. The molecule has 0 saturated carbocycles. The molecule has 6 nitrogen and oxygen atoms in total. The van der Waals surface area contributed by atoms with Gasteiger partial charge in [-0.25, -0.2) is 4.79 Å². The normalized spacial score (nSPS) is 17.9. The van der Waals surface area contributed by atoms with E-state index in [4.69, 9.17) is 14.6 Å². The van der Waals surface area contributed by atoms with Crippen LogP contribution in [-0.2, 0) is 4.79 Å². The third kappa shape index (κ3) is 2.67. The summed E-state index contributed by atoms with van der Waals surface area (Å²) in [7, 11) is 2.99. The number of thioether (sulfide) groups is 1. The van der Waals surface area contributed by atoms with Crippen LogP contribution in [0.1, 0.15) is 10.4 Å². The zero-order valence-corrected chi connectivity index (χ0v) is 12.0. The molecular weight excluding hydrogens is 282 g/mol. The van der Waals surface area contributed by atoms with Gasteiger partial charge in [0, 0.05) is 11.3 Å². The molecule has 1 fully saturated rings. The molecule has 1 unspecified atom stereocenters. The van der Waals surface area contributed by atoms with Gasteiger partial charge in [-0.1, -0.05) is 0 Å². The van der Waals surface area contributed by atoms with Gasteiger partial charge in [-0.15, -0.1) is 11.8 Å². The Kier molecular flexibility index (Phi) is 4.39. The first kappa shape index (κ1) is 14.5. The highest BCUT2D eigenvalue weighted by atomic mass is 32.2. The van der Waals surface area contributed by atoms with E-state index in [9.17, 15) is 9.59 Å². The van der Waals surface area contributed by atoms with Gasteiger partial charge in [-0.3, -0.25) is 4.79 Å². The number of aliphatic carboxylic acids is 1. The molecule has 0 radical (unpaired) electrons. The predicted molar refractivity (Wildman–Crippen MR) is 74.5 cm³/mol. The summed E-state index contributed by atoms with van der Waals surface area (Å²) in [4.78, 5) is 24.9. The third-order valence-electron chi connectivity index (χ3n) is 3.06. The first-order valence-electron chi connectivity index (χ1n) is 5.92. The van der Waals surface area contributed by atoms with Crippen LogP contribution >= 0.6 is 11.8 Å². The van der Waals surface area contributed by atoms with Crippen molar-refractivity contribution in [3.63, 3.8) is 0 Å². The number of nitrogens with zero attached hydrogens (tertiary/aromatic N) is 1. The average Bonchev–Trinajstić information content (AvgIpc) is 2.95. The molecule has 1 aliphatic rings. The number of methoxy groups -OCH3 is 2. The molecule has 1 heterocycles. The highest BCUT2D eigenvalue weighted by molar-refractivity contribution is 7.99. The summed E-state index contributed by atoms with van der Waals surface area (Å²) in [6.07, 6.45) is 0. The van der Waals surface area contributed by atoms with Crippen LogP contribution in [0.2, 0.25) is 0 Å². The zero-order chi connectivity index (χ0) is 14.7. The van der Waals surface area contributed by atoms with E-state index in [1.807, 2.05) is 0 Å². The maximum Gasteiger partial charge on any atom is 0.327 e. The van der Waals surface area contributed by atoms with Crippen LogP contribution < -0.4 is 9.47 Å². The molecule has 0 aliphatic carbocycles. The topological polar surface area (TPSA) is 76.1 Å². The predicted octanol–water partition coefficient (Wildman–Crippen LogP) is 1.30. The van der Waals surface area contributed by atoms with Crippen molar-refractivity contribution < 1.29 is 24.2 Å². The first-order valence-corrected chi connectivity index (χ1v) is 7.07. The molecule has 20 heavy (non-hydrogen) atoms. The maximum absolute atomic E-state index is 12.4. The largest absolute Gasteiger partial charge is 0.493 e. The SMILES string of the molecule is COc1ccc(C(=O)N2CSCC2C(=O)O)cc1OC. The van der Waals surface area contributed by atoms with Crippen LogP contribution in [0.5, 0.6) is 11.5 Å². The second-order valence-corrected chi connectivity index (χ2v) is 5.20. The van der Waals surface area contributed by atoms with Crippen molar-refractivity contribution >= 4 is 23.6 Å². The van der Waals surface area contributed by atoms with Gasteiger partial charge in [0.25, 0.3) is 5.91 Å². The number of carboxylic acids is 1. The van der Waals surface area contributed by atoms with Gasteiger partial charge in [-0.05, 0) is 18.2 Å². The van der Waals surface area contributed by atoms with Crippen molar-refractivity contribution in [2.45, 2.75) is 6.04 Å². The average molecular weight is 297 g/mol. The van der Waals surface area contributed by atoms with Crippen molar-refractivity contribution in [2.75, 3.05) is 25.8 Å². The Balaban J connectivity index is 2.27. The number of benzene rings is 1. The number of carbonyl (C=O) groups excluding carboxylic acids is 1. The summed E-state index contributed by atoms with van der Waals surface area (Å²) < 4.78 is 10.3. The Morgan fingerprint density at radius 1 is 1.30 bits per heavy atom. The molecule has 1 aliphatic heterocycles. The Labute approximate surface area is 120 Å². The van der Waals surface area contributed by atoms with Crippen molar-refractivity contribution in [3.8, 4) is 11.5 Å². The Hall–Kier alpha value is -1.89. The summed E-state index contributed by atoms with van der Waals surface area (Å²) in [5.74, 6) is 0.456. The number of carboxylic acid groups (broad SMARTS) is 1. The fourth-order valence-electron chi connectivity index (χ4n) is 1.98. The Morgan fingerprint density at radius 3 is 2.60 bits per heavy atom. The third-order valence-corrected chi connectivity index (χ3v) is 4.07. The van der Waals surface area contributed by atoms with Crippen molar-refractivity contribution in [3.05, 3.63) is 23.8 Å². The van der Waals surface area contributed by atoms with Crippen molar-refractivity contribution in [1.29, 1.82) is 0 Å². The molecule has 2 rings (SSSR count). The highest BCUT2D eigenvalue weighted by Crippen LogP contribution is 2.30. The fraction of sp³-hybridized carbons (Fsp3) is 0.385. The number of carbonyl (C=O) groups is 2. The molecule has 0 spiro atoms. The lowest BCUT2D eigenvalue weighted by atomic mass is 10.1. The summed E-state index contributed by atoms with van der Waals surface area (Å²) in [5.41, 5.74) is 0.386. The van der Waals surface area contributed by atoms with Crippen molar-refractivity contribution in [1.82, 2.24) is 4.90 Å². The standard InChI is InChI=1S/C13H15NO5S/c1-18-10-4-3-8(5-11(10)19-2)12(15)14-7-20-6-9(14)13(16)17/h3-5,9H,6-7H2,1-2H3,(H,16,17). The van der Waals surface area contributed by atoms with Crippen LogP contribution in [0.4, 0.5) is 0 Å². The minimum atomic E-state index is -0.983. The van der Waals surface area contributed by atoms with Gasteiger partial charge < -0.3 is 19.5 Å². The number of hydrogen-bond acceptors (Lipinski definition) is 5. The van der Waals surface area contributed by atoms with E-state index in [0.717, 1.165) is 0 Å². The number of hydrogen-bond donors (Lipinski definition) is 1. The van der Waals surface area contributed by atoms with Crippen molar-refractivity contribution in [2.24, 2.45) is 0 Å². The lowest BCUT2D eigenvalue weighted by molar-refractivity contribution is -0.140. The molecule has 0 aromatic heterocycles. The van der Waals surface area contributed by atoms with E-state index < -0.39 is 12.0 Å². The summed E-state index contributed by atoms with van der Waals surface area (Å²) in [5, 5.41) is 9.11. The lowest BCUT2D eigenvalue weighted by Crippen LogP contribution is -2.41.